The SMILES string of the molecule is CCCCCCCCC1(CCCCCCCC)c2cc(-c3ccc4cc5cc(C)ccc5c(C)c4c3)ccc2-c2cc3c(cc21)-c1ccc(C)cc1C3(c1ccc(C(C)(C)C)cc1)c1ccc(C(C)(C)C)cc1. The van der Waals surface area contributed by atoms with E-state index in [1.54, 1.807) is 11.1 Å². The molecule has 0 atom stereocenters. The molecular formula is C73H84. The molecule has 0 radical (unpaired) electrons. The molecule has 0 aliphatic heterocycles. The Morgan fingerprint density at radius 1 is 0.356 bits per heavy atom. The van der Waals surface area contributed by atoms with Gasteiger partial charge in [0.05, 0.1) is 5.41 Å². The molecule has 0 unspecified atom stereocenters. The Morgan fingerprint density at radius 2 is 0.822 bits per heavy atom. The van der Waals surface area contributed by atoms with E-state index >= 15 is 0 Å². The van der Waals surface area contributed by atoms with Gasteiger partial charge in [-0.1, -0.05) is 253 Å². The van der Waals surface area contributed by atoms with Gasteiger partial charge in [0.1, 0.15) is 0 Å². The summed E-state index contributed by atoms with van der Waals surface area (Å²) in [6.07, 6.45) is 18.0. The van der Waals surface area contributed by atoms with Crippen LogP contribution in [0.15, 0.2) is 140 Å². The highest BCUT2D eigenvalue weighted by molar-refractivity contribution is 6.04. The smallest absolute Gasteiger partial charge is 0.0654 e. The monoisotopic (exact) mass is 961 g/mol. The molecule has 0 aromatic heterocycles. The first-order valence-corrected chi connectivity index (χ1v) is 28.7. The summed E-state index contributed by atoms with van der Waals surface area (Å²) in [6, 6.07) is 56.7. The van der Waals surface area contributed by atoms with Crippen molar-refractivity contribution in [2.45, 2.75) is 188 Å². The summed E-state index contributed by atoms with van der Waals surface area (Å²) >= 11 is 0. The molecule has 73 heavy (non-hydrogen) atoms. The number of benzene rings is 8. The fourth-order valence-corrected chi connectivity index (χ4v) is 13.5. The topological polar surface area (TPSA) is 0 Å². The van der Waals surface area contributed by atoms with Gasteiger partial charge in [-0.3, -0.25) is 0 Å². The fourth-order valence-electron chi connectivity index (χ4n) is 13.5. The molecular weight excluding hydrogens is 877 g/mol. The fraction of sp³-hybridized carbons (Fsp3) is 0.397. The molecule has 0 fully saturated rings. The van der Waals surface area contributed by atoms with Crippen molar-refractivity contribution in [3.63, 3.8) is 0 Å². The Bertz CT molecular complexity index is 3210. The van der Waals surface area contributed by atoms with Crippen molar-refractivity contribution in [3.05, 3.63) is 201 Å². The molecule has 10 rings (SSSR count). The van der Waals surface area contributed by atoms with Gasteiger partial charge in [-0.2, -0.15) is 0 Å². The van der Waals surface area contributed by atoms with Crippen molar-refractivity contribution in [2.24, 2.45) is 0 Å². The van der Waals surface area contributed by atoms with E-state index < -0.39 is 5.41 Å². The van der Waals surface area contributed by atoms with Gasteiger partial charge in [0, 0.05) is 5.41 Å². The Hall–Kier alpha value is -5.72. The molecule has 0 saturated heterocycles. The van der Waals surface area contributed by atoms with Crippen LogP contribution in [0.3, 0.4) is 0 Å². The molecule has 0 bridgehead atoms. The Balaban J connectivity index is 1.21. The van der Waals surface area contributed by atoms with E-state index in [-0.39, 0.29) is 16.2 Å². The molecule has 376 valence electrons. The summed E-state index contributed by atoms with van der Waals surface area (Å²) in [5.41, 5.74) is 23.3. The quantitative estimate of drug-likeness (QED) is 0.0630. The number of aryl methyl sites for hydroxylation is 3. The lowest BCUT2D eigenvalue weighted by Crippen LogP contribution is -2.29. The molecule has 0 amide bonds. The van der Waals surface area contributed by atoms with Crippen LogP contribution >= 0.6 is 0 Å². The third-order valence-electron chi connectivity index (χ3n) is 17.8. The number of hydrogen-bond donors (Lipinski definition) is 0. The highest BCUT2D eigenvalue weighted by Gasteiger charge is 2.50. The maximum Gasteiger partial charge on any atom is 0.0713 e. The number of hydrogen-bond acceptors (Lipinski definition) is 0. The Labute approximate surface area is 441 Å². The van der Waals surface area contributed by atoms with Gasteiger partial charge >= 0.3 is 0 Å². The minimum absolute atomic E-state index is 0.0557. The highest BCUT2D eigenvalue weighted by Crippen LogP contribution is 2.62. The third kappa shape index (κ3) is 9.23. The highest BCUT2D eigenvalue weighted by atomic mass is 14.5. The van der Waals surface area contributed by atoms with Gasteiger partial charge in [0.2, 0.25) is 0 Å². The van der Waals surface area contributed by atoms with Crippen LogP contribution in [0.25, 0.3) is 54.9 Å². The van der Waals surface area contributed by atoms with Crippen molar-refractivity contribution in [2.75, 3.05) is 0 Å². The minimum atomic E-state index is -0.492. The van der Waals surface area contributed by atoms with Crippen molar-refractivity contribution in [1.82, 2.24) is 0 Å². The van der Waals surface area contributed by atoms with Gasteiger partial charge < -0.3 is 0 Å². The second-order valence-electron chi connectivity index (χ2n) is 24.9. The van der Waals surface area contributed by atoms with Crippen LogP contribution in [-0.2, 0) is 21.7 Å². The second-order valence-corrected chi connectivity index (χ2v) is 24.9. The van der Waals surface area contributed by atoms with Crippen molar-refractivity contribution < 1.29 is 0 Å². The maximum absolute atomic E-state index is 2.76. The lowest BCUT2D eigenvalue weighted by Gasteiger charge is -2.36. The maximum atomic E-state index is 2.76. The molecule has 2 aliphatic rings. The normalized spacial score (nSPS) is 14.4. The summed E-state index contributed by atoms with van der Waals surface area (Å²) in [4.78, 5) is 0. The third-order valence-corrected chi connectivity index (χ3v) is 17.8. The van der Waals surface area contributed by atoms with E-state index in [0.717, 1.165) is 0 Å². The van der Waals surface area contributed by atoms with Crippen molar-refractivity contribution in [3.8, 4) is 33.4 Å². The zero-order valence-electron chi connectivity index (χ0n) is 46.7. The van der Waals surface area contributed by atoms with Gasteiger partial charge in [0.15, 0.2) is 0 Å². The molecule has 0 nitrogen and oxygen atoms in total. The molecule has 8 aromatic carbocycles. The molecule has 0 N–H and O–H groups in total. The van der Waals surface area contributed by atoms with Gasteiger partial charge in [-0.05, 0) is 180 Å². The van der Waals surface area contributed by atoms with Crippen LogP contribution in [0, 0.1) is 20.8 Å². The molecule has 2 aliphatic carbocycles. The predicted octanol–water partition coefficient (Wildman–Crippen LogP) is 21.3. The molecule has 8 aromatic rings. The first-order chi connectivity index (χ1) is 35.1. The summed E-state index contributed by atoms with van der Waals surface area (Å²) < 4.78 is 0. The first kappa shape index (κ1) is 50.8. The van der Waals surface area contributed by atoms with Crippen LogP contribution in [0.2, 0.25) is 0 Å². The average molecular weight is 961 g/mol. The predicted molar refractivity (Wildman–Crippen MR) is 318 cm³/mol. The van der Waals surface area contributed by atoms with Crippen LogP contribution in [0.1, 0.15) is 206 Å². The average Bonchev–Trinajstić information content (AvgIpc) is 3.80. The Kier molecular flexibility index (Phi) is 14.0. The summed E-state index contributed by atoms with van der Waals surface area (Å²) in [5.74, 6) is 0. The van der Waals surface area contributed by atoms with Gasteiger partial charge in [-0.15, -0.1) is 0 Å². The summed E-state index contributed by atoms with van der Waals surface area (Å²) in [5, 5.41) is 5.37. The zero-order chi connectivity index (χ0) is 51.3. The van der Waals surface area contributed by atoms with Crippen LogP contribution < -0.4 is 0 Å². The minimum Gasteiger partial charge on any atom is -0.0654 e. The van der Waals surface area contributed by atoms with Crippen LogP contribution in [-0.4, -0.2) is 0 Å². The van der Waals surface area contributed by atoms with Crippen LogP contribution in [0.5, 0.6) is 0 Å². The Morgan fingerprint density at radius 3 is 1.42 bits per heavy atom. The zero-order valence-corrected chi connectivity index (χ0v) is 46.7. The van der Waals surface area contributed by atoms with Crippen LogP contribution in [0.4, 0.5) is 0 Å². The van der Waals surface area contributed by atoms with Crippen molar-refractivity contribution in [1.29, 1.82) is 0 Å². The van der Waals surface area contributed by atoms with E-state index in [0.29, 0.717) is 0 Å². The summed E-state index contributed by atoms with van der Waals surface area (Å²) in [7, 11) is 0. The lowest BCUT2D eigenvalue weighted by molar-refractivity contribution is 0.398. The molecule has 0 heterocycles. The lowest BCUT2D eigenvalue weighted by atomic mass is 9.66. The molecule has 0 spiro atoms. The largest absolute Gasteiger partial charge is 0.0713 e. The van der Waals surface area contributed by atoms with E-state index in [1.807, 2.05) is 0 Å². The summed E-state index contributed by atoms with van der Waals surface area (Å²) in [6.45, 7) is 25.5. The standard InChI is InChI=1S/C73H84/c1-12-14-16-18-20-22-40-72(41-23-21-19-17-15-13-2)66-46-53(52-26-27-54-44-55-42-49(3)24-37-60(55)51(5)63(54)45-52)28-39-61(66)64-48-69-65(47-67(64)72)62-38-25-50(4)43-68(62)73(69,58-33-29-56(30-34-58)70(6,7)8)59-35-31-57(32-36-59)71(9,10)11/h24-39,42-48H,12-23,40-41H2,1-11H3. The van der Waals surface area contributed by atoms with E-state index in [4.69, 9.17) is 0 Å². The first-order valence-electron chi connectivity index (χ1n) is 28.7. The molecule has 0 heteroatoms. The number of unbranched alkanes of at least 4 members (excludes halogenated alkanes) is 10. The number of fused-ring (bicyclic) bond motifs is 8. The van der Waals surface area contributed by atoms with E-state index in [2.05, 4.69) is 216 Å². The van der Waals surface area contributed by atoms with Gasteiger partial charge in [-0.25, -0.2) is 0 Å². The van der Waals surface area contributed by atoms with E-state index in [9.17, 15) is 0 Å². The number of rotatable bonds is 17. The van der Waals surface area contributed by atoms with Gasteiger partial charge in [0.25, 0.3) is 0 Å². The molecule has 0 saturated carbocycles. The van der Waals surface area contributed by atoms with Crippen molar-refractivity contribution >= 4 is 21.5 Å². The van der Waals surface area contributed by atoms with E-state index in [1.165, 1.54) is 195 Å². The second kappa shape index (κ2) is 20.2.